The fraction of sp³-hybridized carbons (Fsp3) is 0.167. The van der Waals surface area contributed by atoms with Gasteiger partial charge in [0.1, 0.15) is 12.4 Å². The van der Waals surface area contributed by atoms with Gasteiger partial charge in [0.2, 0.25) is 0 Å². The monoisotopic (exact) mass is 349 g/mol. The van der Waals surface area contributed by atoms with Gasteiger partial charge in [0.15, 0.2) is 17.5 Å². The van der Waals surface area contributed by atoms with Crippen LogP contribution in [0.3, 0.4) is 0 Å². The maximum absolute atomic E-state index is 13.3. The van der Waals surface area contributed by atoms with Crippen molar-refractivity contribution in [2.24, 2.45) is 0 Å². The van der Waals surface area contributed by atoms with Crippen LogP contribution in [0.1, 0.15) is 22.0 Å². The highest BCUT2D eigenvalue weighted by Crippen LogP contribution is 2.20. The molecule has 1 amide bonds. The van der Waals surface area contributed by atoms with Gasteiger partial charge < -0.3 is 15.2 Å². The molecule has 1 unspecified atom stereocenters. The number of benzene rings is 2. The van der Waals surface area contributed by atoms with Crippen molar-refractivity contribution in [3.05, 3.63) is 65.0 Å². The predicted molar refractivity (Wildman–Crippen MR) is 84.4 cm³/mol. The molecule has 0 aliphatic carbocycles. The van der Waals surface area contributed by atoms with Gasteiger partial charge in [-0.2, -0.15) is 0 Å². The van der Waals surface area contributed by atoms with Gasteiger partial charge in [0.25, 0.3) is 5.91 Å². The Kier molecular flexibility index (Phi) is 6.03. The molecule has 2 aromatic carbocycles. The van der Waals surface area contributed by atoms with Crippen molar-refractivity contribution in [2.45, 2.75) is 6.04 Å². The van der Waals surface area contributed by atoms with Gasteiger partial charge >= 0.3 is 0 Å². The number of hydrogen-bond donors (Lipinski definition) is 2. The van der Waals surface area contributed by atoms with Gasteiger partial charge in [0.05, 0.1) is 12.6 Å². The Hall–Kier alpha value is -2.98. The van der Waals surface area contributed by atoms with Crippen molar-refractivity contribution in [3.8, 4) is 18.1 Å². The van der Waals surface area contributed by atoms with Crippen molar-refractivity contribution in [2.75, 3.05) is 13.2 Å². The van der Waals surface area contributed by atoms with E-state index in [-0.39, 0.29) is 17.7 Å². The number of rotatable bonds is 6. The van der Waals surface area contributed by atoms with Crippen molar-refractivity contribution in [1.82, 2.24) is 5.32 Å². The van der Waals surface area contributed by atoms with E-state index in [2.05, 4.69) is 11.2 Å². The number of ether oxygens (including phenoxy) is 1. The molecule has 7 heteroatoms. The van der Waals surface area contributed by atoms with E-state index < -0.39 is 36.0 Å². The normalized spacial score (nSPS) is 11.5. The number of hydrogen-bond acceptors (Lipinski definition) is 3. The fourth-order valence-corrected chi connectivity index (χ4v) is 2.08. The molecular formula is C18H14F3NO3. The summed E-state index contributed by atoms with van der Waals surface area (Å²) < 4.78 is 44.8. The molecule has 0 heterocycles. The van der Waals surface area contributed by atoms with Gasteiger partial charge in [-0.05, 0) is 42.0 Å². The fourth-order valence-electron chi connectivity index (χ4n) is 2.08. The molecule has 0 saturated heterocycles. The first-order valence-corrected chi connectivity index (χ1v) is 7.18. The average Bonchev–Trinajstić information content (AvgIpc) is 2.62. The van der Waals surface area contributed by atoms with Crippen LogP contribution in [-0.2, 0) is 0 Å². The second kappa shape index (κ2) is 8.22. The van der Waals surface area contributed by atoms with E-state index in [0.29, 0.717) is 5.75 Å². The lowest BCUT2D eigenvalue weighted by atomic mass is 10.1. The van der Waals surface area contributed by atoms with Crippen molar-refractivity contribution in [1.29, 1.82) is 0 Å². The van der Waals surface area contributed by atoms with E-state index in [9.17, 15) is 23.1 Å². The largest absolute Gasteiger partial charge is 0.481 e. The Labute approximate surface area is 142 Å². The van der Waals surface area contributed by atoms with Crippen molar-refractivity contribution in [3.63, 3.8) is 0 Å². The highest BCUT2D eigenvalue weighted by Gasteiger charge is 2.19. The Morgan fingerprint density at radius 1 is 1.20 bits per heavy atom. The molecule has 25 heavy (non-hydrogen) atoms. The first-order valence-electron chi connectivity index (χ1n) is 7.18. The average molecular weight is 349 g/mol. The number of amides is 1. The summed E-state index contributed by atoms with van der Waals surface area (Å²) in [7, 11) is 0. The number of nitrogens with one attached hydrogen (secondary N) is 1. The Bertz CT molecular complexity index is 777. The van der Waals surface area contributed by atoms with E-state index in [1.54, 1.807) is 0 Å². The summed E-state index contributed by atoms with van der Waals surface area (Å²) in [6, 6.07) is 6.30. The lowest BCUT2D eigenvalue weighted by molar-refractivity contribution is 0.0916. The molecule has 0 fully saturated rings. The second-order valence-electron chi connectivity index (χ2n) is 5.02. The Morgan fingerprint density at radius 3 is 2.32 bits per heavy atom. The standard InChI is InChI=1S/C18H14F3NO3/c1-2-7-25-13-5-3-11(4-6-13)18(24)22-16(10-23)12-8-14(19)17(21)15(20)9-12/h1,3-6,8-9,16,23H,7,10H2,(H,22,24). The quantitative estimate of drug-likeness (QED) is 0.623. The molecule has 2 rings (SSSR count). The first kappa shape index (κ1) is 18.4. The molecule has 0 radical (unpaired) electrons. The molecule has 0 aliphatic rings. The smallest absolute Gasteiger partial charge is 0.251 e. The lowest BCUT2D eigenvalue weighted by Crippen LogP contribution is -2.31. The summed E-state index contributed by atoms with van der Waals surface area (Å²) in [6.07, 6.45) is 5.07. The summed E-state index contributed by atoms with van der Waals surface area (Å²) in [4.78, 5) is 12.2. The molecule has 0 aromatic heterocycles. The number of terminal acetylenes is 1. The third-order valence-corrected chi connectivity index (χ3v) is 3.34. The van der Waals surface area contributed by atoms with Crippen LogP contribution in [0.4, 0.5) is 13.2 Å². The van der Waals surface area contributed by atoms with Crippen molar-refractivity contribution >= 4 is 5.91 Å². The van der Waals surface area contributed by atoms with E-state index in [1.165, 1.54) is 24.3 Å². The minimum atomic E-state index is -1.62. The predicted octanol–water partition coefficient (Wildman–Crippen LogP) is 2.58. The van der Waals surface area contributed by atoms with Gasteiger partial charge in [-0.25, -0.2) is 13.2 Å². The van der Waals surface area contributed by atoms with Crippen LogP contribution >= 0.6 is 0 Å². The molecule has 0 spiro atoms. The SMILES string of the molecule is C#CCOc1ccc(C(=O)NC(CO)c2cc(F)c(F)c(F)c2)cc1. The van der Waals surface area contributed by atoms with Gasteiger partial charge in [-0.1, -0.05) is 5.92 Å². The van der Waals surface area contributed by atoms with Gasteiger partial charge in [-0.15, -0.1) is 6.42 Å². The number of carbonyl (C=O) groups is 1. The second-order valence-corrected chi connectivity index (χ2v) is 5.02. The molecule has 0 aliphatic heterocycles. The zero-order valence-electron chi connectivity index (χ0n) is 12.9. The number of aliphatic hydroxyl groups is 1. The first-order chi connectivity index (χ1) is 12.0. The van der Waals surface area contributed by atoms with Crippen molar-refractivity contribution < 1.29 is 27.8 Å². The van der Waals surface area contributed by atoms with Crippen LogP contribution in [0.2, 0.25) is 0 Å². The molecule has 4 nitrogen and oxygen atoms in total. The number of halogens is 3. The topological polar surface area (TPSA) is 58.6 Å². The Balaban J connectivity index is 2.13. The minimum absolute atomic E-state index is 0.0832. The summed E-state index contributed by atoms with van der Waals surface area (Å²) >= 11 is 0. The molecule has 0 bridgehead atoms. The van der Waals surface area contributed by atoms with E-state index >= 15 is 0 Å². The van der Waals surface area contributed by atoms with E-state index in [0.717, 1.165) is 12.1 Å². The molecule has 2 aromatic rings. The minimum Gasteiger partial charge on any atom is -0.481 e. The summed E-state index contributed by atoms with van der Waals surface area (Å²) in [6.45, 7) is -0.542. The molecule has 0 saturated carbocycles. The van der Waals surface area contributed by atoms with Gasteiger partial charge in [-0.3, -0.25) is 4.79 Å². The molecular weight excluding hydrogens is 335 g/mol. The van der Waals surface area contributed by atoms with Crippen LogP contribution in [0.25, 0.3) is 0 Å². The zero-order chi connectivity index (χ0) is 18.4. The van der Waals surface area contributed by atoms with Gasteiger partial charge in [0, 0.05) is 5.56 Å². The highest BCUT2D eigenvalue weighted by molar-refractivity contribution is 5.94. The lowest BCUT2D eigenvalue weighted by Gasteiger charge is -2.17. The third-order valence-electron chi connectivity index (χ3n) is 3.34. The molecule has 2 N–H and O–H groups in total. The Morgan fingerprint density at radius 2 is 1.80 bits per heavy atom. The maximum Gasteiger partial charge on any atom is 0.251 e. The summed E-state index contributed by atoms with van der Waals surface area (Å²) in [5.41, 5.74) is 0.135. The van der Waals surface area contributed by atoms with Crippen LogP contribution in [0, 0.1) is 29.8 Å². The van der Waals surface area contributed by atoms with Crippen LogP contribution in [0.5, 0.6) is 5.75 Å². The summed E-state index contributed by atoms with van der Waals surface area (Å²) in [5.74, 6) is -2.25. The zero-order valence-corrected chi connectivity index (χ0v) is 12.9. The van der Waals surface area contributed by atoms with Crippen LogP contribution in [0.15, 0.2) is 36.4 Å². The maximum atomic E-state index is 13.3. The molecule has 130 valence electrons. The number of aliphatic hydroxyl groups excluding tert-OH is 1. The third kappa shape index (κ3) is 4.52. The number of carbonyl (C=O) groups excluding carboxylic acids is 1. The molecule has 1 atom stereocenters. The van der Waals surface area contributed by atoms with Crippen LogP contribution in [-0.4, -0.2) is 24.2 Å². The van der Waals surface area contributed by atoms with E-state index in [1.807, 2.05) is 0 Å². The van der Waals surface area contributed by atoms with E-state index in [4.69, 9.17) is 11.2 Å². The highest BCUT2D eigenvalue weighted by atomic mass is 19.2. The summed E-state index contributed by atoms with van der Waals surface area (Å²) in [5, 5.41) is 11.8. The van der Waals surface area contributed by atoms with Crippen LogP contribution < -0.4 is 10.1 Å².